The number of aliphatic hydroxyl groups excluding tert-OH is 1. The molecule has 0 bridgehead atoms. The number of rotatable bonds is 9. The lowest BCUT2D eigenvalue weighted by atomic mass is 10.1. The van der Waals surface area contributed by atoms with Gasteiger partial charge in [-0.1, -0.05) is 43.2 Å². The van der Waals surface area contributed by atoms with Gasteiger partial charge >= 0.3 is 0 Å². The van der Waals surface area contributed by atoms with Gasteiger partial charge in [0.15, 0.2) is 0 Å². The second-order valence-electron chi connectivity index (χ2n) is 4.79. The molecule has 0 aromatic heterocycles. The summed E-state index contributed by atoms with van der Waals surface area (Å²) in [5, 5.41) is 8.67. The van der Waals surface area contributed by atoms with Crippen LogP contribution in [0.2, 0.25) is 0 Å². The summed E-state index contributed by atoms with van der Waals surface area (Å²) >= 11 is 0. The van der Waals surface area contributed by atoms with Crippen LogP contribution < -0.4 is 0 Å². The van der Waals surface area contributed by atoms with Gasteiger partial charge in [-0.2, -0.15) is 0 Å². The molecule has 0 spiro atoms. The van der Waals surface area contributed by atoms with Crippen LogP contribution in [0.4, 0.5) is 0 Å². The largest absolute Gasteiger partial charge is 0.396 e. The van der Waals surface area contributed by atoms with E-state index in [-0.39, 0.29) is 0 Å². The van der Waals surface area contributed by atoms with Gasteiger partial charge in [-0.3, -0.25) is 0 Å². The van der Waals surface area contributed by atoms with E-state index in [0.29, 0.717) is 32.0 Å². The molecular formula is C15H22O3. The standard InChI is InChI=1S/C15H22O3/c16-10-6-2-5-9-14-15(18-14)12-17-11-13-7-3-1-4-8-13/h1,3-4,7-8,14-16H,2,5-6,9-12H2/t14-,15+/m1/s1. The molecule has 1 aliphatic rings. The van der Waals surface area contributed by atoms with Crippen LogP contribution in [0.1, 0.15) is 31.2 Å². The van der Waals surface area contributed by atoms with E-state index in [1.54, 1.807) is 0 Å². The second kappa shape index (κ2) is 7.52. The van der Waals surface area contributed by atoms with Crippen LogP contribution >= 0.6 is 0 Å². The van der Waals surface area contributed by atoms with Crippen LogP contribution in [0.3, 0.4) is 0 Å². The average Bonchev–Trinajstić information content (AvgIpc) is 3.15. The molecule has 2 atom stereocenters. The van der Waals surface area contributed by atoms with Crippen LogP contribution in [-0.2, 0) is 16.1 Å². The average molecular weight is 250 g/mol. The summed E-state index contributed by atoms with van der Waals surface area (Å²) in [6, 6.07) is 10.2. The Hall–Kier alpha value is -0.900. The zero-order chi connectivity index (χ0) is 12.6. The summed E-state index contributed by atoms with van der Waals surface area (Å²) in [5.74, 6) is 0. The van der Waals surface area contributed by atoms with E-state index < -0.39 is 0 Å². The smallest absolute Gasteiger partial charge is 0.107 e. The molecular weight excluding hydrogens is 228 g/mol. The summed E-state index contributed by atoms with van der Waals surface area (Å²) in [4.78, 5) is 0. The molecule has 0 amide bonds. The molecule has 3 heteroatoms. The number of unbranched alkanes of at least 4 members (excludes halogenated alkanes) is 2. The number of ether oxygens (including phenoxy) is 2. The maximum Gasteiger partial charge on any atom is 0.107 e. The Kier molecular flexibility index (Phi) is 5.65. The van der Waals surface area contributed by atoms with Crippen LogP contribution in [0.5, 0.6) is 0 Å². The van der Waals surface area contributed by atoms with Gasteiger partial charge in [0.25, 0.3) is 0 Å². The van der Waals surface area contributed by atoms with Crippen molar-refractivity contribution in [1.82, 2.24) is 0 Å². The van der Waals surface area contributed by atoms with E-state index in [1.165, 1.54) is 5.56 Å². The quantitative estimate of drug-likeness (QED) is 0.541. The number of benzene rings is 1. The van der Waals surface area contributed by atoms with Crippen LogP contribution in [0, 0.1) is 0 Å². The van der Waals surface area contributed by atoms with Crippen molar-refractivity contribution in [2.24, 2.45) is 0 Å². The Morgan fingerprint density at radius 3 is 2.67 bits per heavy atom. The lowest BCUT2D eigenvalue weighted by molar-refractivity contribution is 0.104. The zero-order valence-corrected chi connectivity index (χ0v) is 10.8. The molecule has 0 radical (unpaired) electrons. The zero-order valence-electron chi connectivity index (χ0n) is 10.8. The lowest BCUT2D eigenvalue weighted by Gasteiger charge is -2.02. The molecule has 1 aromatic carbocycles. The molecule has 0 aliphatic carbocycles. The minimum absolute atomic E-state index is 0.294. The van der Waals surface area contributed by atoms with Gasteiger partial charge in [0.2, 0.25) is 0 Å². The highest BCUT2D eigenvalue weighted by atomic mass is 16.6. The lowest BCUT2D eigenvalue weighted by Crippen LogP contribution is -2.05. The van der Waals surface area contributed by atoms with Crippen molar-refractivity contribution < 1.29 is 14.6 Å². The molecule has 1 aliphatic heterocycles. The third-order valence-corrected chi connectivity index (χ3v) is 3.23. The van der Waals surface area contributed by atoms with Crippen molar-refractivity contribution >= 4 is 0 Å². The molecule has 2 rings (SSSR count). The molecule has 18 heavy (non-hydrogen) atoms. The minimum atomic E-state index is 0.294. The normalized spacial score (nSPS) is 22.1. The van der Waals surface area contributed by atoms with Crippen LogP contribution in [0.15, 0.2) is 30.3 Å². The monoisotopic (exact) mass is 250 g/mol. The van der Waals surface area contributed by atoms with Gasteiger partial charge in [0.1, 0.15) is 6.10 Å². The summed E-state index contributed by atoms with van der Waals surface area (Å²) in [7, 11) is 0. The minimum Gasteiger partial charge on any atom is -0.396 e. The fourth-order valence-electron chi connectivity index (χ4n) is 2.08. The van der Waals surface area contributed by atoms with Crippen molar-refractivity contribution in [3.8, 4) is 0 Å². The summed E-state index contributed by atoms with van der Waals surface area (Å²) in [6.07, 6.45) is 4.91. The Morgan fingerprint density at radius 1 is 1.06 bits per heavy atom. The highest BCUT2D eigenvalue weighted by Gasteiger charge is 2.37. The SMILES string of the molecule is OCCCCC[C@H]1O[C@H]1COCc1ccccc1. The number of hydrogen-bond donors (Lipinski definition) is 1. The Balaban J connectivity index is 1.49. The third kappa shape index (κ3) is 4.77. The van der Waals surface area contributed by atoms with Crippen LogP contribution in [-0.4, -0.2) is 30.5 Å². The summed E-state index contributed by atoms with van der Waals surface area (Å²) in [5.41, 5.74) is 1.21. The first-order valence-corrected chi connectivity index (χ1v) is 6.78. The number of epoxide rings is 1. The van der Waals surface area contributed by atoms with Crippen molar-refractivity contribution in [2.75, 3.05) is 13.2 Å². The van der Waals surface area contributed by atoms with E-state index >= 15 is 0 Å². The van der Waals surface area contributed by atoms with Crippen molar-refractivity contribution in [3.05, 3.63) is 35.9 Å². The molecule has 1 fully saturated rings. The highest BCUT2D eigenvalue weighted by Crippen LogP contribution is 2.27. The van der Waals surface area contributed by atoms with E-state index in [1.807, 2.05) is 18.2 Å². The van der Waals surface area contributed by atoms with E-state index in [0.717, 1.165) is 25.7 Å². The molecule has 100 valence electrons. The topological polar surface area (TPSA) is 42.0 Å². The third-order valence-electron chi connectivity index (χ3n) is 3.23. The van der Waals surface area contributed by atoms with E-state index in [9.17, 15) is 0 Å². The van der Waals surface area contributed by atoms with E-state index in [2.05, 4.69) is 12.1 Å². The summed E-state index contributed by atoms with van der Waals surface area (Å²) < 4.78 is 11.2. The predicted molar refractivity (Wildman–Crippen MR) is 70.3 cm³/mol. The predicted octanol–water partition coefficient (Wildman–Crippen LogP) is 2.52. The second-order valence-corrected chi connectivity index (χ2v) is 4.79. The van der Waals surface area contributed by atoms with Gasteiger partial charge in [-0.25, -0.2) is 0 Å². The first-order valence-electron chi connectivity index (χ1n) is 6.78. The first kappa shape index (κ1) is 13.5. The molecule has 3 nitrogen and oxygen atoms in total. The van der Waals surface area contributed by atoms with E-state index in [4.69, 9.17) is 14.6 Å². The molecule has 1 saturated heterocycles. The number of aliphatic hydroxyl groups is 1. The van der Waals surface area contributed by atoms with Crippen molar-refractivity contribution in [1.29, 1.82) is 0 Å². The maximum absolute atomic E-state index is 8.67. The van der Waals surface area contributed by atoms with Crippen molar-refractivity contribution in [3.63, 3.8) is 0 Å². The van der Waals surface area contributed by atoms with Gasteiger partial charge in [-0.05, 0) is 18.4 Å². The van der Waals surface area contributed by atoms with Crippen molar-refractivity contribution in [2.45, 2.75) is 44.5 Å². The fourth-order valence-corrected chi connectivity index (χ4v) is 2.08. The Bertz CT molecular complexity index is 326. The molecule has 0 saturated carbocycles. The van der Waals surface area contributed by atoms with Gasteiger partial charge in [0.05, 0.1) is 19.3 Å². The van der Waals surface area contributed by atoms with Gasteiger partial charge in [0, 0.05) is 6.61 Å². The van der Waals surface area contributed by atoms with Gasteiger partial charge < -0.3 is 14.6 Å². The Morgan fingerprint density at radius 2 is 1.89 bits per heavy atom. The summed E-state index contributed by atoms with van der Waals surface area (Å²) in [6.45, 7) is 1.66. The highest BCUT2D eigenvalue weighted by molar-refractivity contribution is 5.13. The molecule has 0 unspecified atom stereocenters. The number of hydrogen-bond acceptors (Lipinski definition) is 3. The molecule has 1 N–H and O–H groups in total. The maximum atomic E-state index is 8.67. The first-order chi connectivity index (χ1) is 8.90. The van der Waals surface area contributed by atoms with Gasteiger partial charge in [-0.15, -0.1) is 0 Å². The molecule has 1 aromatic rings. The molecule has 1 heterocycles. The Labute approximate surface area is 109 Å². The van der Waals surface area contributed by atoms with Crippen LogP contribution in [0.25, 0.3) is 0 Å². The fraction of sp³-hybridized carbons (Fsp3) is 0.600.